The highest BCUT2D eigenvalue weighted by atomic mass is 16.5. The van der Waals surface area contributed by atoms with Crippen LogP contribution in [0, 0.1) is 11.3 Å². The predicted molar refractivity (Wildman–Crippen MR) is 79.9 cm³/mol. The third kappa shape index (κ3) is 4.96. The first-order valence-electron chi connectivity index (χ1n) is 6.97. The Hall–Kier alpha value is -1.36. The monoisotopic (exact) mass is 281 g/mol. The van der Waals surface area contributed by atoms with Crippen LogP contribution in [-0.4, -0.2) is 24.2 Å². The van der Waals surface area contributed by atoms with E-state index < -0.39 is 0 Å². The van der Waals surface area contributed by atoms with Crippen molar-refractivity contribution >= 4 is 0 Å². The van der Waals surface area contributed by atoms with Crippen molar-refractivity contribution in [2.45, 2.75) is 46.6 Å². The number of aromatic nitrogens is 2. The number of hydrogen-bond acceptors (Lipinski definition) is 5. The van der Waals surface area contributed by atoms with Gasteiger partial charge in [0.15, 0.2) is 0 Å². The minimum absolute atomic E-state index is 0.180. The Morgan fingerprint density at radius 1 is 1.25 bits per heavy atom. The largest absolute Gasteiger partial charge is 0.480 e. The van der Waals surface area contributed by atoms with Gasteiger partial charge < -0.3 is 15.2 Å². The predicted octanol–water partition coefficient (Wildman–Crippen LogP) is 2.96. The second kappa shape index (κ2) is 6.88. The Balaban J connectivity index is 2.79. The molecule has 0 aliphatic heterocycles. The van der Waals surface area contributed by atoms with Gasteiger partial charge in [-0.2, -0.15) is 4.98 Å². The Kier molecular flexibility index (Phi) is 5.74. The molecule has 0 amide bonds. The van der Waals surface area contributed by atoms with E-state index in [1.54, 1.807) is 20.4 Å². The molecule has 0 aliphatic carbocycles. The SMILES string of the molecule is COc1cnc(C(N)CC(C)CC(C)(C)C)c(OC)n1. The van der Waals surface area contributed by atoms with E-state index >= 15 is 0 Å². The second-order valence-electron chi connectivity index (χ2n) is 6.52. The number of nitrogens with two attached hydrogens (primary N) is 1. The summed E-state index contributed by atoms with van der Waals surface area (Å²) in [6, 6.07) is -0.180. The first kappa shape index (κ1) is 16.7. The lowest BCUT2D eigenvalue weighted by molar-refractivity contribution is 0.282. The van der Waals surface area contributed by atoms with Crippen LogP contribution in [0.4, 0.5) is 0 Å². The summed E-state index contributed by atoms with van der Waals surface area (Å²) in [7, 11) is 3.12. The average molecular weight is 281 g/mol. The minimum Gasteiger partial charge on any atom is -0.480 e. The van der Waals surface area contributed by atoms with Crippen LogP contribution in [0.5, 0.6) is 11.8 Å². The van der Waals surface area contributed by atoms with Gasteiger partial charge in [-0.05, 0) is 24.2 Å². The van der Waals surface area contributed by atoms with Gasteiger partial charge in [0, 0.05) is 0 Å². The first-order chi connectivity index (χ1) is 9.26. The summed E-state index contributed by atoms with van der Waals surface area (Å²) in [6.45, 7) is 8.93. The van der Waals surface area contributed by atoms with Gasteiger partial charge in [0.05, 0.1) is 26.5 Å². The van der Waals surface area contributed by atoms with Gasteiger partial charge >= 0.3 is 0 Å². The Morgan fingerprint density at radius 3 is 2.40 bits per heavy atom. The highest BCUT2D eigenvalue weighted by Gasteiger charge is 2.22. The minimum atomic E-state index is -0.180. The van der Waals surface area contributed by atoms with Crippen molar-refractivity contribution in [2.75, 3.05) is 14.2 Å². The molecular weight excluding hydrogens is 254 g/mol. The molecule has 0 spiro atoms. The molecule has 5 heteroatoms. The van der Waals surface area contributed by atoms with Gasteiger partial charge in [-0.1, -0.05) is 27.7 Å². The maximum atomic E-state index is 6.26. The molecule has 0 aromatic carbocycles. The fraction of sp³-hybridized carbons (Fsp3) is 0.733. The topological polar surface area (TPSA) is 70.3 Å². The molecule has 0 fully saturated rings. The van der Waals surface area contributed by atoms with E-state index in [0.29, 0.717) is 28.8 Å². The van der Waals surface area contributed by atoms with E-state index in [2.05, 4.69) is 37.7 Å². The summed E-state index contributed by atoms with van der Waals surface area (Å²) in [5.74, 6) is 1.39. The van der Waals surface area contributed by atoms with Crippen molar-refractivity contribution in [3.8, 4) is 11.8 Å². The first-order valence-corrected chi connectivity index (χ1v) is 6.97. The van der Waals surface area contributed by atoms with E-state index in [1.807, 2.05) is 0 Å². The zero-order valence-corrected chi connectivity index (χ0v) is 13.4. The van der Waals surface area contributed by atoms with Crippen molar-refractivity contribution in [1.29, 1.82) is 0 Å². The number of nitrogens with zero attached hydrogens (tertiary/aromatic N) is 2. The molecule has 0 radical (unpaired) electrons. The lowest BCUT2D eigenvalue weighted by Crippen LogP contribution is -2.20. The van der Waals surface area contributed by atoms with Gasteiger partial charge in [0.2, 0.25) is 11.8 Å². The summed E-state index contributed by atoms with van der Waals surface area (Å²) in [4.78, 5) is 8.56. The van der Waals surface area contributed by atoms with Crippen LogP contribution < -0.4 is 15.2 Å². The summed E-state index contributed by atoms with van der Waals surface area (Å²) in [5, 5.41) is 0. The average Bonchev–Trinajstić information content (AvgIpc) is 2.35. The molecule has 1 rings (SSSR count). The third-order valence-electron chi connectivity index (χ3n) is 3.12. The highest BCUT2D eigenvalue weighted by molar-refractivity contribution is 5.25. The molecule has 5 nitrogen and oxygen atoms in total. The lowest BCUT2D eigenvalue weighted by Gasteiger charge is -2.25. The van der Waals surface area contributed by atoms with Crippen LogP contribution in [0.2, 0.25) is 0 Å². The van der Waals surface area contributed by atoms with Gasteiger partial charge in [0.25, 0.3) is 0 Å². The zero-order chi connectivity index (χ0) is 15.3. The standard InChI is InChI=1S/C15H27N3O2/c1-10(8-15(2,3)4)7-11(16)13-14(20-6)18-12(19-5)9-17-13/h9-11H,7-8,16H2,1-6H3. The molecule has 0 saturated carbocycles. The Morgan fingerprint density at radius 2 is 1.90 bits per heavy atom. The molecule has 2 N–H and O–H groups in total. The molecule has 2 atom stereocenters. The van der Waals surface area contributed by atoms with Gasteiger partial charge in [-0.25, -0.2) is 4.98 Å². The third-order valence-corrected chi connectivity index (χ3v) is 3.12. The molecular formula is C15H27N3O2. The van der Waals surface area contributed by atoms with Crippen molar-refractivity contribution in [3.05, 3.63) is 11.9 Å². The normalized spacial score (nSPS) is 14.8. The number of hydrogen-bond donors (Lipinski definition) is 1. The molecule has 0 bridgehead atoms. The molecule has 0 aliphatic rings. The number of ether oxygens (including phenoxy) is 2. The maximum Gasteiger partial charge on any atom is 0.240 e. The van der Waals surface area contributed by atoms with Crippen LogP contribution in [0.25, 0.3) is 0 Å². The van der Waals surface area contributed by atoms with Gasteiger partial charge in [-0.3, -0.25) is 0 Å². The number of rotatable bonds is 6. The van der Waals surface area contributed by atoms with Crippen LogP contribution in [-0.2, 0) is 0 Å². The van der Waals surface area contributed by atoms with Crippen LogP contribution in [0.3, 0.4) is 0 Å². The zero-order valence-electron chi connectivity index (χ0n) is 13.4. The van der Waals surface area contributed by atoms with Crippen molar-refractivity contribution in [1.82, 2.24) is 9.97 Å². The summed E-state index contributed by atoms with van der Waals surface area (Å²) >= 11 is 0. The van der Waals surface area contributed by atoms with Crippen LogP contribution in [0.15, 0.2) is 6.20 Å². The van der Waals surface area contributed by atoms with E-state index in [4.69, 9.17) is 15.2 Å². The smallest absolute Gasteiger partial charge is 0.240 e. The van der Waals surface area contributed by atoms with Crippen molar-refractivity contribution in [3.63, 3.8) is 0 Å². The summed E-state index contributed by atoms with van der Waals surface area (Å²) in [6.07, 6.45) is 3.55. The molecule has 114 valence electrons. The Labute approximate surface area is 121 Å². The quantitative estimate of drug-likeness (QED) is 0.868. The van der Waals surface area contributed by atoms with Gasteiger partial charge in [0.1, 0.15) is 5.69 Å². The second-order valence-corrected chi connectivity index (χ2v) is 6.52. The summed E-state index contributed by atoms with van der Waals surface area (Å²) in [5.41, 5.74) is 7.25. The Bertz CT molecular complexity index is 430. The highest BCUT2D eigenvalue weighted by Crippen LogP contribution is 2.31. The molecule has 1 aromatic rings. The van der Waals surface area contributed by atoms with Gasteiger partial charge in [-0.15, -0.1) is 0 Å². The van der Waals surface area contributed by atoms with E-state index in [9.17, 15) is 0 Å². The molecule has 1 aromatic heterocycles. The maximum absolute atomic E-state index is 6.26. The van der Waals surface area contributed by atoms with Crippen molar-refractivity contribution < 1.29 is 9.47 Å². The van der Waals surface area contributed by atoms with Crippen molar-refractivity contribution in [2.24, 2.45) is 17.1 Å². The lowest BCUT2D eigenvalue weighted by atomic mass is 9.82. The van der Waals surface area contributed by atoms with E-state index in [0.717, 1.165) is 12.8 Å². The molecule has 20 heavy (non-hydrogen) atoms. The summed E-state index contributed by atoms with van der Waals surface area (Å²) < 4.78 is 10.3. The fourth-order valence-corrected chi connectivity index (χ4v) is 2.54. The number of methoxy groups -OCH3 is 2. The molecule has 1 heterocycles. The van der Waals surface area contributed by atoms with E-state index in [-0.39, 0.29) is 6.04 Å². The molecule has 0 saturated heterocycles. The van der Waals surface area contributed by atoms with Crippen LogP contribution >= 0.6 is 0 Å². The van der Waals surface area contributed by atoms with E-state index in [1.165, 1.54) is 0 Å². The van der Waals surface area contributed by atoms with Crippen LogP contribution in [0.1, 0.15) is 52.3 Å². The fourth-order valence-electron chi connectivity index (χ4n) is 2.54. The molecule has 2 unspecified atom stereocenters.